The van der Waals surface area contributed by atoms with E-state index in [9.17, 15) is 4.79 Å². The zero-order valence-corrected chi connectivity index (χ0v) is 11.3. The number of rotatable bonds is 4. The highest BCUT2D eigenvalue weighted by atomic mass is 35.5. The summed E-state index contributed by atoms with van der Waals surface area (Å²) >= 11 is 11.9. The molecular formula is C12H12Cl2N2O2. The molecule has 6 heteroatoms. The van der Waals surface area contributed by atoms with Crippen LogP contribution in [0.15, 0.2) is 18.2 Å². The number of alkyl halides is 1. The number of hydrogen-bond donors (Lipinski definition) is 0. The number of esters is 1. The molecular weight excluding hydrogens is 275 g/mol. The molecule has 0 N–H and O–H groups in total. The average molecular weight is 287 g/mol. The first-order valence-electron chi connectivity index (χ1n) is 5.43. The van der Waals surface area contributed by atoms with E-state index in [1.54, 1.807) is 10.6 Å². The fourth-order valence-corrected chi connectivity index (χ4v) is 2.27. The second kappa shape index (κ2) is 5.59. The van der Waals surface area contributed by atoms with Crippen molar-refractivity contribution in [1.29, 1.82) is 0 Å². The number of carbonyl (C=O) groups is 1. The van der Waals surface area contributed by atoms with Gasteiger partial charge in [-0.3, -0.25) is 4.79 Å². The minimum atomic E-state index is -0.343. The van der Waals surface area contributed by atoms with Crippen molar-refractivity contribution in [2.45, 2.75) is 13.0 Å². The third-order valence-corrected chi connectivity index (χ3v) is 3.12. The van der Waals surface area contributed by atoms with E-state index in [0.717, 1.165) is 16.9 Å². The predicted molar refractivity (Wildman–Crippen MR) is 71.2 cm³/mol. The number of methoxy groups -OCH3 is 1. The maximum absolute atomic E-state index is 11.4. The molecule has 0 atom stereocenters. The van der Waals surface area contributed by atoms with E-state index in [0.29, 0.717) is 17.3 Å². The van der Waals surface area contributed by atoms with Crippen LogP contribution in [0.1, 0.15) is 5.82 Å². The Morgan fingerprint density at radius 2 is 2.28 bits per heavy atom. The number of benzene rings is 1. The Labute approximate surface area is 114 Å². The van der Waals surface area contributed by atoms with Crippen molar-refractivity contribution in [1.82, 2.24) is 9.55 Å². The largest absolute Gasteiger partial charge is 0.468 e. The highest BCUT2D eigenvalue weighted by Gasteiger charge is 2.15. The number of hydrogen-bond acceptors (Lipinski definition) is 3. The number of fused-ring (bicyclic) bond motifs is 1. The zero-order chi connectivity index (χ0) is 13.1. The topological polar surface area (TPSA) is 44.1 Å². The fourth-order valence-electron chi connectivity index (χ4n) is 1.83. The van der Waals surface area contributed by atoms with E-state index < -0.39 is 0 Å². The summed E-state index contributed by atoms with van der Waals surface area (Å²) in [6, 6.07) is 5.45. The van der Waals surface area contributed by atoms with Gasteiger partial charge >= 0.3 is 5.97 Å². The van der Waals surface area contributed by atoms with Crippen LogP contribution >= 0.6 is 23.2 Å². The van der Waals surface area contributed by atoms with Crippen molar-refractivity contribution in [3.63, 3.8) is 0 Å². The lowest BCUT2D eigenvalue weighted by Crippen LogP contribution is -2.14. The third-order valence-electron chi connectivity index (χ3n) is 2.63. The molecule has 0 aliphatic rings. The summed E-state index contributed by atoms with van der Waals surface area (Å²) in [4.78, 5) is 15.9. The molecule has 0 saturated heterocycles. The molecule has 0 radical (unpaired) electrons. The lowest BCUT2D eigenvalue weighted by atomic mass is 10.3. The van der Waals surface area contributed by atoms with Crippen molar-refractivity contribution in [2.75, 3.05) is 13.0 Å². The quantitative estimate of drug-likeness (QED) is 0.641. The normalized spacial score (nSPS) is 10.8. The molecule has 1 aromatic carbocycles. The molecule has 0 aliphatic carbocycles. The number of halogens is 2. The number of nitrogens with zero attached hydrogens (tertiary/aromatic N) is 2. The Bertz CT molecular complexity index is 581. The van der Waals surface area contributed by atoms with Gasteiger partial charge < -0.3 is 9.30 Å². The summed E-state index contributed by atoms with van der Waals surface area (Å²) in [5.41, 5.74) is 1.50. The Balaban J connectivity index is 2.57. The highest BCUT2D eigenvalue weighted by Crippen LogP contribution is 2.25. The summed E-state index contributed by atoms with van der Waals surface area (Å²) < 4.78 is 6.44. The van der Waals surface area contributed by atoms with Crippen LogP contribution in [0.3, 0.4) is 0 Å². The minimum absolute atomic E-state index is 0.0863. The molecule has 0 saturated carbocycles. The second-order valence-corrected chi connectivity index (χ2v) is 4.52. The Morgan fingerprint density at radius 3 is 2.94 bits per heavy atom. The van der Waals surface area contributed by atoms with Gasteiger partial charge in [-0.2, -0.15) is 0 Å². The molecule has 18 heavy (non-hydrogen) atoms. The molecule has 0 spiro atoms. The van der Waals surface area contributed by atoms with Crippen molar-refractivity contribution in [2.24, 2.45) is 0 Å². The molecule has 0 amide bonds. The van der Waals surface area contributed by atoms with Gasteiger partial charge in [0, 0.05) is 12.3 Å². The van der Waals surface area contributed by atoms with Gasteiger partial charge in [0.25, 0.3) is 0 Å². The molecule has 2 rings (SSSR count). The van der Waals surface area contributed by atoms with Crippen LogP contribution in [-0.2, 0) is 22.5 Å². The van der Waals surface area contributed by atoms with Gasteiger partial charge in [0.2, 0.25) is 0 Å². The Hall–Kier alpha value is -1.26. The third kappa shape index (κ3) is 2.44. The van der Waals surface area contributed by atoms with Crippen LogP contribution in [0.4, 0.5) is 0 Å². The van der Waals surface area contributed by atoms with Crippen LogP contribution in [0.5, 0.6) is 0 Å². The van der Waals surface area contributed by atoms with Crippen LogP contribution in [-0.4, -0.2) is 28.5 Å². The lowest BCUT2D eigenvalue weighted by Gasteiger charge is -2.07. The first-order valence-corrected chi connectivity index (χ1v) is 6.35. The van der Waals surface area contributed by atoms with E-state index in [-0.39, 0.29) is 12.5 Å². The Morgan fingerprint density at radius 1 is 1.50 bits per heavy atom. The molecule has 96 valence electrons. The molecule has 0 bridgehead atoms. The lowest BCUT2D eigenvalue weighted by molar-refractivity contribution is -0.141. The van der Waals surface area contributed by atoms with Gasteiger partial charge in [0.15, 0.2) is 0 Å². The van der Waals surface area contributed by atoms with Crippen LogP contribution in [0.2, 0.25) is 5.02 Å². The monoisotopic (exact) mass is 286 g/mol. The second-order valence-electron chi connectivity index (χ2n) is 3.74. The van der Waals surface area contributed by atoms with E-state index in [4.69, 9.17) is 23.2 Å². The van der Waals surface area contributed by atoms with Gasteiger partial charge in [-0.25, -0.2) is 4.98 Å². The van der Waals surface area contributed by atoms with E-state index in [1.807, 2.05) is 12.1 Å². The number of para-hydroxylation sites is 1. The van der Waals surface area contributed by atoms with Gasteiger partial charge in [0.1, 0.15) is 12.4 Å². The molecule has 1 heterocycles. The molecule has 4 nitrogen and oxygen atoms in total. The smallest absolute Gasteiger partial charge is 0.325 e. The molecule has 1 aromatic heterocycles. The van der Waals surface area contributed by atoms with Crippen molar-refractivity contribution in [3.8, 4) is 0 Å². The number of ether oxygens (including phenoxy) is 1. The van der Waals surface area contributed by atoms with Crippen LogP contribution < -0.4 is 0 Å². The fraction of sp³-hybridized carbons (Fsp3) is 0.333. The molecule has 0 aliphatic heterocycles. The molecule has 0 unspecified atom stereocenters. The summed E-state index contributed by atoms with van der Waals surface area (Å²) in [5.74, 6) is 0.825. The minimum Gasteiger partial charge on any atom is -0.468 e. The van der Waals surface area contributed by atoms with Gasteiger partial charge in [-0.15, -0.1) is 11.6 Å². The maximum Gasteiger partial charge on any atom is 0.325 e. The van der Waals surface area contributed by atoms with Gasteiger partial charge in [-0.05, 0) is 12.1 Å². The van der Waals surface area contributed by atoms with Gasteiger partial charge in [-0.1, -0.05) is 17.7 Å². The highest BCUT2D eigenvalue weighted by molar-refractivity contribution is 6.35. The summed E-state index contributed by atoms with van der Waals surface area (Å²) in [5, 5.41) is 0.560. The van der Waals surface area contributed by atoms with Gasteiger partial charge in [0.05, 0.1) is 23.2 Å². The first kappa shape index (κ1) is 13.2. The average Bonchev–Trinajstić information content (AvgIpc) is 2.69. The summed E-state index contributed by atoms with van der Waals surface area (Å²) in [6.07, 6.45) is 0.573. The SMILES string of the molecule is COC(=O)Cn1c(CCCl)nc2cccc(Cl)c21. The predicted octanol–water partition coefficient (Wildman–Crippen LogP) is 2.64. The zero-order valence-electron chi connectivity index (χ0n) is 9.82. The molecule has 2 aromatic rings. The maximum atomic E-state index is 11.4. The number of imidazole rings is 1. The first-order chi connectivity index (χ1) is 8.67. The van der Waals surface area contributed by atoms with Crippen LogP contribution in [0.25, 0.3) is 11.0 Å². The number of aromatic nitrogens is 2. The van der Waals surface area contributed by atoms with Crippen molar-refractivity contribution in [3.05, 3.63) is 29.0 Å². The van der Waals surface area contributed by atoms with E-state index in [2.05, 4.69) is 9.72 Å². The Kier molecular flexibility index (Phi) is 4.09. The summed E-state index contributed by atoms with van der Waals surface area (Å²) in [7, 11) is 1.35. The standard InChI is InChI=1S/C12H12Cl2N2O2/c1-18-11(17)7-16-10(5-6-13)15-9-4-2-3-8(14)12(9)16/h2-4H,5-7H2,1H3. The molecule has 0 fully saturated rings. The number of aryl methyl sites for hydroxylation is 1. The van der Waals surface area contributed by atoms with Crippen LogP contribution in [0, 0.1) is 0 Å². The summed E-state index contributed by atoms with van der Waals surface area (Å²) in [6.45, 7) is 0.0863. The van der Waals surface area contributed by atoms with E-state index in [1.165, 1.54) is 7.11 Å². The van der Waals surface area contributed by atoms with Crippen molar-refractivity contribution >= 4 is 40.2 Å². The number of carbonyl (C=O) groups excluding carboxylic acids is 1. The van der Waals surface area contributed by atoms with Crippen molar-refractivity contribution < 1.29 is 9.53 Å². The van der Waals surface area contributed by atoms with E-state index >= 15 is 0 Å².